The first-order valence-electron chi connectivity index (χ1n) is 10.1. The molecule has 0 aromatic heterocycles. The van der Waals surface area contributed by atoms with Crippen molar-refractivity contribution in [3.63, 3.8) is 0 Å². The molecule has 29 heavy (non-hydrogen) atoms. The normalized spacial score (nSPS) is 17.1. The predicted molar refractivity (Wildman–Crippen MR) is 112 cm³/mol. The fourth-order valence-electron chi connectivity index (χ4n) is 3.89. The molecule has 0 amide bonds. The third-order valence-electron chi connectivity index (χ3n) is 5.10. The van der Waals surface area contributed by atoms with Crippen molar-refractivity contribution in [2.45, 2.75) is 34.2 Å². The predicted octanol–water partition coefficient (Wildman–Crippen LogP) is 4.82. The lowest BCUT2D eigenvalue weighted by atomic mass is 9.98. The molecule has 0 saturated heterocycles. The van der Waals surface area contributed by atoms with Gasteiger partial charge in [-0.15, -0.1) is 0 Å². The van der Waals surface area contributed by atoms with Gasteiger partial charge in [0.05, 0.1) is 17.7 Å². The number of hydrogen-bond donors (Lipinski definition) is 0. The van der Waals surface area contributed by atoms with E-state index in [1.54, 1.807) is 6.08 Å². The Kier molecular flexibility index (Phi) is 5.33. The van der Waals surface area contributed by atoms with Gasteiger partial charge in [0.2, 0.25) is 5.78 Å². The average Bonchev–Trinajstić information content (AvgIpc) is 3.01. The lowest BCUT2D eigenvalue weighted by Crippen LogP contribution is -2.35. The number of carbonyl (C=O) groups is 1. The molecule has 5 heteroatoms. The zero-order valence-corrected chi connectivity index (χ0v) is 17.5. The van der Waals surface area contributed by atoms with E-state index in [0.29, 0.717) is 36.3 Å². The topological polar surface area (TPSA) is 48.0 Å². The van der Waals surface area contributed by atoms with Crippen LogP contribution in [0.2, 0.25) is 0 Å². The molecule has 0 N–H and O–H groups in total. The van der Waals surface area contributed by atoms with E-state index in [2.05, 4.69) is 18.7 Å². The summed E-state index contributed by atoms with van der Waals surface area (Å²) >= 11 is 0. The quantitative estimate of drug-likeness (QED) is 0.682. The van der Waals surface area contributed by atoms with E-state index >= 15 is 0 Å². The fourth-order valence-corrected chi connectivity index (χ4v) is 3.89. The van der Waals surface area contributed by atoms with E-state index in [-0.39, 0.29) is 5.78 Å². The van der Waals surface area contributed by atoms with Crippen LogP contribution in [0.5, 0.6) is 17.2 Å². The molecule has 0 aliphatic carbocycles. The minimum Gasteiger partial charge on any atom is -0.494 e. The Balaban J connectivity index is 1.65. The first-order valence-corrected chi connectivity index (χ1v) is 10.1. The van der Waals surface area contributed by atoms with Crippen LogP contribution in [0.3, 0.4) is 0 Å². The number of hydrogen-bond acceptors (Lipinski definition) is 5. The minimum atomic E-state index is -0.0739. The van der Waals surface area contributed by atoms with Crippen LogP contribution in [-0.2, 0) is 6.54 Å². The van der Waals surface area contributed by atoms with Crippen molar-refractivity contribution in [3.05, 3.63) is 58.3 Å². The zero-order valence-electron chi connectivity index (χ0n) is 17.5. The molecule has 0 radical (unpaired) electrons. The number of fused-ring (bicyclic) bond motifs is 3. The molecular weight excluding hydrogens is 366 g/mol. The first kappa shape index (κ1) is 19.5. The molecule has 0 fully saturated rings. The second-order valence-electron chi connectivity index (χ2n) is 7.99. The minimum absolute atomic E-state index is 0.0739. The third kappa shape index (κ3) is 3.87. The second kappa shape index (κ2) is 7.91. The Morgan fingerprint density at radius 3 is 2.69 bits per heavy atom. The molecule has 0 unspecified atom stereocenters. The molecule has 2 aliphatic rings. The SMILES string of the molecule is CCOc1ccc(/C=C2\Oc3c4c(cc(C)c3C2=O)OCN(CC(C)C)C4)cc1. The van der Waals surface area contributed by atoms with Crippen molar-refractivity contribution in [3.8, 4) is 17.2 Å². The number of carbonyl (C=O) groups excluding carboxylic acids is 1. The molecule has 2 aromatic rings. The zero-order chi connectivity index (χ0) is 20.5. The van der Waals surface area contributed by atoms with Gasteiger partial charge in [0.25, 0.3) is 0 Å². The molecule has 5 nitrogen and oxygen atoms in total. The lowest BCUT2D eigenvalue weighted by Gasteiger charge is -2.31. The summed E-state index contributed by atoms with van der Waals surface area (Å²) in [5, 5.41) is 0. The molecule has 0 atom stereocenters. The van der Waals surface area contributed by atoms with Crippen LogP contribution < -0.4 is 14.2 Å². The Hall–Kier alpha value is -2.79. The van der Waals surface area contributed by atoms with Gasteiger partial charge < -0.3 is 14.2 Å². The lowest BCUT2D eigenvalue weighted by molar-refractivity contribution is 0.0831. The van der Waals surface area contributed by atoms with Crippen molar-refractivity contribution in [1.82, 2.24) is 4.90 Å². The van der Waals surface area contributed by atoms with Crippen LogP contribution in [0.4, 0.5) is 0 Å². The van der Waals surface area contributed by atoms with E-state index in [1.165, 1.54) is 0 Å². The smallest absolute Gasteiger partial charge is 0.232 e. The number of allylic oxidation sites excluding steroid dienone is 1. The number of ether oxygens (including phenoxy) is 3. The van der Waals surface area contributed by atoms with Gasteiger partial charge in [-0.05, 0) is 55.2 Å². The van der Waals surface area contributed by atoms with Gasteiger partial charge in [-0.25, -0.2) is 0 Å². The molecule has 0 bridgehead atoms. The van der Waals surface area contributed by atoms with Gasteiger partial charge in [-0.2, -0.15) is 0 Å². The van der Waals surface area contributed by atoms with E-state index in [9.17, 15) is 4.79 Å². The summed E-state index contributed by atoms with van der Waals surface area (Å²) in [4.78, 5) is 15.3. The van der Waals surface area contributed by atoms with Crippen molar-refractivity contribution < 1.29 is 19.0 Å². The molecule has 0 spiro atoms. The van der Waals surface area contributed by atoms with Crippen molar-refractivity contribution in [2.75, 3.05) is 19.9 Å². The summed E-state index contributed by atoms with van der Waals surface area (Å²) in [6.45, 7) is 11.1. The first-order chi connectivity index (χ1) is 14.0. The summed E-state index contributed by atoms with van der Waals surface area (Å²) in [6, 6.07) is 9.60. The molecule has 152 valence electrons. The van der Waals surface area contributed by atoms with E-state index in [0.717, 1.165) is 41.3 Å². The van der Waals surface area contributed by atoms with Crippen molar-refractivity contribution >= 4 is 11.9 Å². The van der Waals surface area contributed by atoms with Crippen LogP contribution >= 0.6 is 0 Å². The molecule has 2 aromatic carbocycles. The van der Waals surface area contributed by atoms with E-state index in [4.69, 9.17) is 14.2 Å². The second-order valence-corrected chi connectivity index (χ2v) is 7.99. The standard InChI is InChI=1S/C24H27NO4/c1-5-27-18-8-6-17(7-9-18)11-21-23(26)22-16(4)10-20-19(24(22)29-21)13-25(14-28-20)12-15(2)3/h6-11,15H,5,12-14H2,1-4H3/b21-11-. The molecular formula is C24H27NO4. The molecule has 4 rings (SSSR count). The summed E-state index contributed by atoms with van der Waals surface area (Å²) in [5.41, 5.74) is 3.39. The maximum Gasteiger partial charge on any atom is 0.232 e. The highest BCUT2D eigenvalue weighted by Gasteiger charge is 2.35. The number of aryl methyl sites for hydroxylation is 1. The largest absolute Gasteiger partial charge is 0.494 e. The Morgan fingerprint density at radius 2 is 2.00 bits per heavy atom. The van der Waals surface area contributed by atoms with Crippen LogP contribution in [-0.4, -0.2) is 30.6 Å². The summed E-state index contributed by atoms with van der Waals surface area (Å²) < 4.78 is 17.6. The number of benzene rings is 2. The highest BCUT2D eigenvalue weighted by atomic mass is 16.5. The maximum atomic E-state index is 13.1. The Labute approximate surface area is 171 Å². The monoisotopic (exact) mass is 393 g/mol. The van der Waals surface area contributed by atoms with Crippen LogP contribution in [0.1, 0.15) is 47.8 Å². The highest BCUT2D eigenvalue weighted by Crippen LogP contribution is 2.44. The van der Waals surface area contributed by atoms with Gasteiger partial charge >= 0.3 is 0 Å². The van der Waals surface area contributed by atoms with Gasteiger partial charge in [0, 0.05) is 13.1 Å². The van der Waals surface area contributed by atoms with Gasteiger partial charge in [-0.3, -0.25) is 9.69 Å². The summed E-state index contributed by atoms with van der Waals surface area (Å²) in [6.07, 6.45) is 1.79. The van der Waals surface area contributed by atoms with Crippen LogP contribution in [0.25, 0.3) is 6.08 Å². The van der Waals surface area contributed by atoms with Gasteiger partial charge in [0.15, 0.2) is 5.76 Å². The van der Waals surface area contributed by atoms with Crippen molar-refractivity contribution in [1.29, 1.82) is 0 Å². The van der Waals surface area contributed by atoms with Crippen molar-refractivity contribution in [2.24, 2.45) is 5.92 Å². The summed E-state index contributed by atoms with van der Waals surface area (Å²) in [5.74, 6) is 3.09. The van der Waals surface area contributed by atoms with E-state index < -0.39 is 0 Å². The van der Waals surface area contributed by atoms with Crippen LogP contribution in [0, 0.1) is 12.8 Å². The molecule has 2 aliphatic heterocycles. The van der Waals surface area contributed by atoms with E-state index in [1.807, 2.05) is 44.2 Å². The maximum absolute atomic E-state index is 13.1. The van der Waals surface area contributed by atoms with Gasteiger partial charge in [-0.1, -0.05) is 26.0 Å². The van der Waals surface area contributed by atoms with Crippen LogP contribution in [0.15, 0.2) is 36.1 Å². The highest BCUT2D eigenvalue weighted by molar-refractivity contribution is 6.15. The number of rotatable bonds is 5. The molecule has 2 heterocycles. The fraction of sp³-hybridized carbons (Fsp3) is 0.375. The molecule has 0 saturated carbocycles. The number of ketones is 1. The number of nitrogens with zero attached hydrogens (tertiary/aromatic N) is 1. The van der Waals surface area contributed by atoms with Gasteiger partial charge in [0.1, 0.15) is 24.0 Å². The third-order valence-corrected chi connectivity index (χ3v) is 5.10. The number of Topliss-reactive ketones (excluding diaryl/α,β-unsaturated/α-hetero) is 1. The summed E-state index contributed by atoms with van der Waals surface area (Å²) in [7, 11) is 0. The Morgan fingerprint density at radius 1 is 1.24 bits per heavy atom. The Bertz CT molecular complexity index is 960. The average molecular weight is 393 g/mol.